The number of carbonyl (C=O) groups excluding carboxylic acids is 1. The van der Waals surface area contributed by atoms with Crippen LogP contribution in [0.3, 0.4) is 0 Å². The van der Waals surface area contributed by atoms with Crippen LogP contribution in [0.25, 0.3) is 0 Å². The molecule has 8 heteroatoms. The van der Waals surface area contributed by atoms with Crippen molar-refractivity contribution in [3.05, 3.63) is 35.9 Å². The first-order valence-corrected chi connectivity index (χ1v) is 10.9. The lowest BCUT2D eigenvalue weighted by Gasteiger charge is -2.31. The van der Waals surface area contributed by atoms with Gasteiger partial charge >= 0.3 is 5.97 Å². The average molecular weight is 397 g/mol. The quantitative estimate of drug-likeness (QED) is 0.664. The number of nitrogens with zero attached hydrogens (tertiary/aromatic N) is 1. The van der Waals surface area contributed by atoms with Gasteiger partial charge in [0, 0.05) is 20.0 Å². The van der Waals surface area contributed by atoms with E-state index in [4.69, 9.17) is 0 Å². The van der Waals surface area contributed by atoms with Crippen molar-refractivity contribution in [2.24, 2.45) is 5.92 Å². The Morgan fingerprint density at radius 1 is 1.22 bits per heavy atom. The molecular weight excluding hydrogens is 368 g/mol. The summed E-state index contributed by atoms with van der Waals surface area (Å²) in [6.07, 6.45) is 3.57. The minimum absolute atomic E-state index is 0.0900. The molecule has 0 aromatic heterocycles. The molecule has 1 aliphatic rings. The van der Waals surface area contributed by atoms with Crippen molar-refractivity contribution in [3.63, 3.8) is 0 Å². The van der Waals surface area contributed by atoms with Gasteiger partial charge in [-0.25, -0.2) is 13.1 Å². The highest BCUT2D eigenvalue weighted by Gasteiger charge is 2.25. The van der Waals surface area contributed by atoms with E-state index in [1.807, 2.05) is 4.90 Å². The predicted octanol–water partition coefficient (Wildman–Crippen LogP) is 1.99. The maximum Gasteiger partial charge on any atom is 0.321 e. The molecule has 1 saturated heterocycles. The summed E-state index contributed by atoms with van der Waals surface area (Å²) in [4.78, 5) is 24.6. The molecule has 150 valence electrons. The lowest BCUT2D eigenvalue weighted by atomic mass is 9.91. The first-order chi connectivity index (χ1) is 12.8. The predicted molar refractivity (Wildman–Crippen MR) is 102 cm³/mol. The second-order valence-corrected chi connectivity index (χ2v) is 8.89. The smallest absolute Gasteiger partial charge is 0.321 e. The fourth-order valence-corrected chi connectivity index (χ4v) is 4.80. The molecule has 1 atom stereocenters. The third kappa shape index (κ3) is 7.30. The largest absolute Gasteiger partial charge is 0.480 e. The number of hydrogen-bond acceptors (Lipinski definition) is 4. The molecule has 0 saturated carbocycles. The van der Waals surface area contributed by atoms with E-state index < -0.39 is 22.0 Å². The summed E-state index contributed by atoms with van der Waals surface area (Å²) in [5.41, 5.74) is 0.617. The van der Waals surface area contributed by atoms with Gasteiger partial charge in [-0.1, -0.05) is 43.2 Å². The number of nitrogens with one attached hydrogen (secondary N) is 1. The van der Waals surface area contributed by atoms with Gasteiger partial charge in [0.05, 0.1) is 5.75 Å². The number of benzene rings is 1. The van der Waals surface area contributed by atoms with E-state index in [9.17, 15) is 23.1 Å². The summed E-state index contributed by atoms with van der Waals surface area (Å²) in [5.74, 6) is -0.845. The summed E-state index contributed by atoms with van der Waals surface area (Å²) >= 11 is 0. The number of carboxylic acid groups (broad SMARTS) is 1. The van der Waals surface area contributed by atoms with Crippen LogP contribution in [0.5, 0.6) is 0 Å². The summed E-state index contributed by atoms with van der Waals surface area (Å²) in [6, 6.07) is 7.57. The molecule has 0 aliphatic carbocycles. The topological polar surface area (TPSA) is 104 Å². The monoisotopic (exact) mass is 396 g/mol. The van der Waals surface area contributed by atoms with Crippen LogP contribution in [0.2, 0.25) is 0 Å². The number of piperidine rings is 1. The summed E-state index contributed by atoms with van der Waals surface area (Å²) in [5, 5.41) is 9.36. The van der Waals surface area contributed by atoms with Crippen molar-refractivity contribution in [1.82, 2.24) is 9.62 Å². The van der Waals surface area contributed by atoms with Crippen LogP contribution in [0.15, 0.2) is 30.3 Å². The van der Waals surface area contributed by atoms with Crippen molar-refractivity contribution in [1.29, 1.82) is 0 Å². The number of likely N-dealkylation sites (tertiary alicyclic amines) is 1. The molecular formula is C19H28N2O5S. The Bertz CT molecular complexity index is 728. The highest BCUT2D eigenvalue weighted by Crippen LogP contribution is 2.23. The van der Waals surface area contributed by atoms with Gasteiger partial charge in [0.1, 0.15) is 6.04 Å². The van der Waals surface area contributed by atoms with Crippen LogP contribution < -0.4 is 4.72 Å². The normalized spacial score (nSPS) is 16.9. The zero-order valence-corrected chi connectivity index (χ0v) is 16.5. The number of amides is 1. The van der Waals surface area contributed by atoms with E-state index in [0.29, 0.717) is 17.9 Å². The van der Waals surface area contributed by atoms with Gasteiger partial charge < -0.3 is 10.0 Å². The molecule has 2 N–H and O–H groups in total. The molecule has 2 rings (SSSR count). The third-order valence-corrected chi connectivity index (χ3v) is 6.34. The van der Waals surface area contributed by atoms with Crippen molar-refractivity contribution < 1.29 is 23.1 Å². The van der Waals surface area contributed by atoms with Crippen LogP contribution in [0.4, 0.5) is 0 Å². The van der Waals surface area contributed by atoms with Gasteiger partial charge in [-0.2, -0.15) is 0 Å². The molecule has 1 fully saturated rings. The minimum atomic E-state index is -3.73. The number of carbonyl (C=O) groups is 2. The van der Waals surface area contributed by atoms with Gasteiger partial charge in [-0.3, -0.25) is 9.59 Å². The Hall–Kier alpha value is -1.93. The molecule has 0 spiro atoms. The number of carboxylic acids is 1. The van der Waals surface area contributed by atoms with E-state index in [1.165, 1.54) is 0 Å². The first-order valence-electron chi connectivity index (χ1n) is 9.29. The second kappa shape index (κ2) is 9.85. The lowest BCUT2D eigenvalue weighted by molar-refractivity contribution is -0.139. The summed E-state index contributed by atoms with van der Waals surface area (Å²) in [7, 11) is -3.73. The van der Waals surface area contributed by atoms with Crippen molar-refractivity contribution in [2.45, 2.75) is 50.8 Å². The molecule has 1 aromatic carbocycles. The minimum Gasteiger partial charge on any atom is -0.480 e. The number of sulfonamides is 1. The van der Waals surface area contributed by atoms with E-state index in [0.717, 1.165) is 32.4 Å². The molecule has 1 amide bonds. The average Bonchev–Trinajstić information content (AvgIpc) is 2.61. The van der Waals surface area contributed by atoms with Crippen LogP contribution in [-0.4, -0.2) is 49.4 Å². The van der Waals surface area contributed by atoms with Crippen molar-refractivity contribution in [3.8, 4) is 0 Å². The van der Waals surface area contributed by atoms with Gasteiger partial charge in [-0.15, -0.1) is 0 Å². The highest BCUT2D eigenvalue weighted by atomic mass is 32.2. The molecule has 0 bridgehead atoms. The standard InChI is InChI=1S/C19H28N2O5S/c1-15(22)21-12-10-16(11-13-21)8-5-9-18(19(23)24)20-27(25,26)14-17-6-3-2-4-7-17/h2-4,6-7,16,18,20H,5,8-14H2,1H3,(H,23,24). The summed E-state index contributed by atoms with van der Waals surface area (Å²) < 4.78 is 26.9. The van der Waals surface area contributed by atoms with Crippen molar-refractivity contribution >= 4 is 21.9 Å². The van der Waals surface area contributed by atoms with Crippen LogP contribution in [-0.2, 0) is 25.4 Å². The number of aliphatic carboxylic acids is 1. The fourth-order valence-electron chi connectivity index (χ4n) is 3.43. The third-order valence-electron chi connectivity index (χ3n) is 4.98. The molecule has 1 unspecified atom stereocenters. The van der Waals surface area contributed by atoms with E-state index in [-0.39, 0.29) is 18.1 Å². The second-order valence-electron chi connectivity index (χ2n) is 7.13. The zero-order chi connectivity index (χ0) is 19.9. The Morgan fingerprint density at radius 2 is 1.85 bits per heavy atom. The van der Waals surface area contributed by atoms with Crippen LogP contribution in [0, 0.1) is 5.92 Å². The Labute approximate surface area is 160 Å². The fraction of sp³-hybridized carbons (Fsp3) is 0.579. The Morgan fingerprint density at radius 3 is 2.41 bits per heavy atom. The Balaban J connectivity index is 1.80. The SMILES string of the molecule is CC(=O)N1CCC(CCCC(NS(=O)(=O)Cc2ccccc2)C(=O)O)CC1. The first kappa shape index (κ1) is 21.4. The maximum absolute atomic E-state index is 12.3. The van der Waals surface area contributed by atoms with E-state index in [2.05, 4.69) is 4.72 Å². The molecule has 27 heavy (non-hydrogen) atoms. The van der Waals surface area contributed by atoms with Gasteiger partial charge in [-0.05, 0) is 30.7 Å². The summed E-state index contributed by atoms with van der Waals surface area (Å²) in [6.45, 7) is 3.05. The van der Waals surface area contributed by atoms with Crippen LogP contribution >= 0.6 is 0 Å². The van der Waals surface area contributed by atoms with Crippen molar-refractivity contribution in [2.75, 3.05) is 13.1 Å². The number of hydrogen-bond donors (Lipinski definition) is 2. The van der Waals surface area contributed by atoms with E-state index >= 15 is 0 Å². The molecule has 1 heterocycles. The molecule has 7 nitrogen and oxygen atoms in total. The van der Waals surface area contributed by atoms with Gasteiger partial charge in [0.25, 0.3) is 0 Å². The Kier molecular flexibility index (Phi) is 7.79. The van der Waals surface area contributed by atoms with E-state index in [1.54, 1.807) is 37.3 Å². The zero-order valence-electron chi connectivity index (χ0n) is 15.6. The lowest BCUT2D eigenvalue weighted by Crippen LogP contribution is -2.41. The van der Waals surface area contributed by atoms with Crippen LogP contribution in [0.1, 0.15) is 44.6 Å². The molecule has 1 aliphatic heterocycles. The van der Waals surface area contributed by atoms with Gasteiger partial charge in [0.2, 0.25) is 15.9 Å². The number of rotatable bonds is 9. The van der Waals surface area contributed by atoms with Gasteiger partial charge in [0.15, 0.2) is 0 Å². The molecule has 1 aromatic rings. The molecule has 0 radical (unpaired) electrons. The highest BCUT2D eigenvalue weighted by molar-refractivity contribution is 7.88. The maximum atomic E-state index is 12.3.